The van der Waals surface area contributed by atoms with Crippen molar-refractivity contribution in [3.8, 4) is 6.07 Å². The smallest absolute Gasteiger partial charge is 0.352 e. The van der Waals surface area contributed by atoms with Crippen LogP contribution >= 0.6 is 0 Å². The van der Waals surface area contributed by atoms with E-state index in [4.69, 9.17) is 5.26 Å². The van der Waals surface area contributed by atoms with E-state index in [0.29, 0.717) is 19.4 Å². The molecule has 33 heavy (non-hydrogen) atoms. The van der Waals surface area contributed by atoms with Crippen LogP contribution in [0.25, 0.3) is 0 Å². The number of alkyl halides is 3. The van der Waals surface area contributed by atoms with Crippen molar-refractivity contribution < 1.29 is 31.2 Å². The largest absolute Gasteiger partial charge is 0.391 e. The minimum atomic E-state index is -4.27. The van der Waals surface area contributed by atoms with Crippen LogP contribution in [0.5, 0.6) is 0 Å². The lowest BCUT2D eigenvalue weighted by Gasteiger charge is -2.38. The topological polar surface area (TPSA) is 111 Å². The Kier molecular flexibility index (Phi) is 6.13. The van der Waals surface area contributed by atoms with Crippen LogP contribution in [0, 0.1) is 23.2 Å². The van der Waals surface area contributed by atoms with E-state index in [0.717, 1.165) is 0 Å². The lowest BCUT2D eigenvalue weighted by Crippen LogP contribution is -2.54. The molecule has 3 aliphatic rings. The van der Waals surface area contributed by atoms with Gasteiger partial charge >= 0.3 is 6.18 Å². The van der Waals surface area contributed by atoms with Crippen LogP contribution in [0.4, 0.5) is 13.2 Å². The van der Waals surface area contributed by atoms with Crippen molar-refractivity contribution in [2.45, 2.75) is 48.8 Å². The van der Waals surface area contributed by atoms with Gasteiger partial charge in [-0.1, -0.05) is 6.07 Å². The first-order valence-electron chi connectivity index (χ1n) is 10.7. The molecule has 1 N–H and O–H groups in total. The second-order valence-corrected chi connectivity index (χ2v) is 10.7. The summed E-state index contributed by atoms with van der Waals surface area (Å²) in [6, 6.07) is 6.16. The summed E-state index contributed by atoms with van der Waals surface area (Å²) in [5, 5.41) is 11.5. The maximum absolute atomic E-state index is 13.1. The Bertz CT molecular complexity index is 1090. The fourth-order valence-electron chi connectivity index (χ4n) is 4.40. The van der Waals surface area contributed by atoms with Crippen LogP contribution in [0.2, 0.25) is 0 Å². The number of amides is 2. The molecule has 0 aromatic heterocycles. The molecule has 1 aromatic rings. The molecular formula is C21H23F3N4O4S. The Balaban J connectivity index is 1.42. The number of likely N-dealkylation sites (tertiary alicyclic amines) is 1. The fourth-order valence-corrected chi connectivity index (χ4v) is 5.98. The van der Waals surface area contributed by atoms with Crippen molar-refractivity contribution in [1.82, 2.24) is 14.5 Å². The Hall–Kier alpha value is -2.65. The average Bonchev–Trinajstić information content (AvgIpc) is 3.18. The fraction of sp³-hybridized carbons (Fsp3) is 0.571. The van der Waals surface area contributed by atoms with E-state index in [2.05, 4.69) is 5.32 Å². The molecule has 178 valence electrons. The molecule has 3 fully saturated rings. The van der Waals surface area contributed by atoms with Gasteiger partial charge in [-0.05, 0) is 43.9 Å². The predicted molar refractivity (Wildman–Crippen MR) is 109 cm³/mol. The van der Waals surface area contributed by atoms with Gasteiger partial charge in [-0.15, -0.1) is 0 Å². The predicted octanol–water partition coefficient (Wildman–Crippen LogP) is 1.89. The van der Waals surface area contributed by atoms with Crippen LogP contribution in [0.1, 0.15) is 36.0 Å². The highest BCUT2D eigenvalue weighted by molar-refractivity contribution is 7.89. The number of nitriles is 1. The summed E-state index contributed by atoms with van der Waals surface area (Å²) < 4.78 is 64.7. The van der Waals surface area contributed by atoms with E-state index < -0.39 is 46.0 Å². The molecule has 0 spiro atoms. The number of nitrogens with zero attached hydrogens (tertiary/aromatic N) is 3. The summed E-state index contributed by atoms with van der Waals surface area (Å²) in [6.45, 7) is 0.489. The minimum Gasteiger partial charge on any atom is -0.352 e. The molecule has 0 radical (unpaired) electrons. The number of hydrogen-bond acceptors (Lipinski definition) is 5. The lowest BCUT2D eigenvalue weighted by molar-refractivity contribution is -0.199. The SMILES string of the molecule is N#CC1CN(S(=O)(=O)c2cccc(C(=O)N3CCC[C@@H]3C(=O)N[C@H]3C[C@H](C(F)(F)F)C3)c2)C1. The van der Waals surface area contributed by atoms with Gasteiger partial charge in [0.25, 0.3) is 5.91 Å². The molecule has 2 heterocycles. The van der Waals surface area contributed by atoms with Crippen LogP contribution < -0.4 is 5.32 Å². The second kappa shape index (κ2) is 8.61. The van der Waals surface area contributed by atoms with Crippen molar-refractivity contribution in [2.24, 2.45) is 11.8 Å². The lowest BCUT2D eigenvalue weighted by atomic mass is 9.79. The molecule has 2 saturated heterocycles. The molecule has 2 aliphatic heterocycles. The molecule has 1 aromatic carbocycles. The third-order valence-corrected chi connectivity index (χ3v) is 8.34. The summed E-state index contributed by atoms with van der Waals surface area (Å²) in [5.41, 5.74) is 0.105. The number of carbonyl (C=O) groups excluding carboxylic acids is 2. The molecule has 1 saturated carbocycles. The summed E-state index contributed by atoms with van der Waals surface area (Å²) in [6.07, 6.45) is -3.67. The molecule has 12 heteroatoms. The molecule has 2 amide bonds. The number of carbonyl (C=O) groups is 2. The number of halogens is 3. The first-order chi connectivity index (χ1) is 15.5. The summed E-state index contributed by atoms with van der Waals surface area (Å²) in [4.78, 5) is 27.0. The van der Waals surface area contributed by atoms with Crippen molar-refractivity contribution in [2.75, 3.05) is 19.6 Å². The minimum absolute atomic E-state index is 0.0717. The van der Waals surface area contributed by atoms with E-state index in [-0.39, 0.29) is 42.3 Å². The molecule has 1 atom stereocenters. The monoisotopic (exact) mass is 484 g/mol. The zero-order valence-corrected chi connectivity index (χ0v) is 18.4. The van der Waals surface area contributed by atoms with Crippen LogP contribution in [0.15, 0.2) is 29.2 Å². The van der Waals surface area contributed by atoms with Crippen molar-refractivity contribution in [3.05, 3.63) is 29.8 Å². The molecule has 1 aliphatic carbocycles. The number of rotatable bonds is 5. The maximum atomic E-state index is 13.1. The van der Waals surface area contributed by atoms with Crippen molar-refractivity contribution in [3.63, 3.8) is 0 Å². The van der Waals surface area contributed by atoms with E-state index in [1.807, 2.05) is 6.07 Å². The highest BCUT2D eigenvalue weighted by Gasteiger charge is 2.49. The Morgan fingerprint density at radius 2 is 1.88 bits per heavy atom. The van der Waals surface area contributed by atoms with Gasteiger partial charge in [0.05, 0.1) is 22.8 Å². The molecule has 0 bridgehead atoms. The van der Waals surface area contributed by atoms with Gasteiger partial charge in [-0.25, -0.2) is 8.42 Å². The first-order valence-corrected chi connectivity index (χ1v) is 12.1. The van der Waals surface area contributed by atoms with E-state index in [9.17, 15) is 31.2 Å². The van der Waals surface area contributed by atoms with Gasteiger partial charge in [0.15, 0.2) is 0 Å². The summed E-state index contributed by atoms with van der Waals surface area (Å²) in [5.74, 6) is -2.76. The maximum Gasteiger partial charge on any atom is 0.391 e. The Morgan fingerprint density at radius 1 is 1.18 bits per heavy atom. The second-order valence-electron chi connectivity index (χ2n) is 8.75. The number of nitrogens with one attached hydrogen (secondary N) is 1. The molecule has 8 nitrogen and oxygen atoms in total. The van der Waals surface area contributed by atoms with Gasteiger partial charge < -0.3 is 10.2 Å². The number of benzene rings is 1. The Labute approximate surface area is 189 Å². The van der Waals surface area contributed by atoms with Crippen molar-refractivity contribution in [1.29, 1.82) is 5.26 Å². The van der Waals surface area contributed by atoms with Gasteiger partial charge in [0.2, 0.25) is 15.9 Å². The van der Waals surface area contributed by atoms with Crippen LogP contribution in [0.3, 0.4) is 0 Å². The highest BCUT2D eigenvalue weighted by Crippen LogP contribution is 2.41. The highest BCUT2D eigenvalue weighted by atomic mass is 32.2. The average molecular weight is 485 g/mol. The molecular weight excluding hydrogens is 461 g/mol. The third kappa shape index (κ3) is 4.56. The number of sulfonamides is 1. The standard InChI is InChI=1S/C21H23F3N4O4S/c22-21(23,24)15-8-16(9-15)26-19(29)18-5-2-6-28(18)20(30)14-3-1-4-17(7-14)33(31,32)27-11-13(10-25)12-27/h1,3-4,7,13,15-16,18H,2,5-6,8-9,11-12H2,(H,26,29)/t15-,16-,18-/m1/s1. The van der Waals surface area contributed by atoms with Gasteiger partial charge in [-0.2, -0.15) is 22.7 Å². The van der Waals surface area contributed by atoms with Crippen LogP contribution in [-0.2, 0) is 14.8 Å². The quantitative estimate of drug-likeness (QED) is 0.686. The zero-order chi connectivity index (χ0) is 24.0. The zero-order valence-electron chi connectivity index (χ0n) is 17.6. The van der Waals surface area contributed by atoms with Gasteiger partial charge in [0.1, 0.15) is 6.04 Å². The normalized spacial score (nSPS) is 26.2. The molecule has 0 unspecified atom stereocenters. The first kappa shape index (κ1) is 23.5. The third-order valence-electron chi connectivity index (χ3n) is 6.51. The summed E-state index contributed by atoms with van der Waals surface area (Å²) >= 11 is 0. The Morgan fingerprint density at radius 3 is 2.52 bits per heavy atom. The van der Waals surface area contributed by atoms with Crippen molar-refractivity contribution >= 4 is 21.8 Å². The van der Waals surface area contributed by atoms with Gasteiger partial charge in [0, 0.05) is 31.2 Å². The number of hydrogen-bond donors (Lipinski definition) is 1. The summed E-state index contributed by atoms with van der Waals surface area (Å²) in [7, 11) is -3.84. The van der Waals surface area contributed by atoms with E-state index in [1.165, 1.54) is 33.5 Å². The van der Waals surface area contributed by atoms with E-state index in [1.54, 1.807) is 0 Å². The van der Waals surface area contributed by atoms with Gasteiger partial charge in [-0.3, -0.25) is 9.59 Å². The van der Waals surface area contributed by atoms with Crippen LogP contribution in [-0.4, -0.2) is 67.3 Å². The molecule has 4 rings (SSSR count). The van der Waals surface area contributed by atoms with E-state index >= 15 is 0 Å².